The monoisotopic (exact) mass is 274 g/mol. The predicted octanol–water partition coefficient (Wildman–Crippen LogP) is 3.11. The summed E-state index contributed by atoms with van der Waals surface area (Å²) in [6, 6.07) is 5.22. The van der Waals surface area contributed by atoms with E-state index in [2.05, 4.69) is 15.9 Å². The Labute approximate surface area is 98.2 Å². The van der Waals surface area contributed by atoms with E-state index < -0.39 is 5.97 Å². The molecule has 84 valence electrons. The number of benzene rings is 1. The molecule has 0 unspecified atom stereocenters. The van der Waals surface area contributed by atoms with Crippen LogP contribution in [0.2, 0.25) is 0 Å². The van der Waals surface area contributed by atoms with Crippen molar-refractivity contribution in [2.24, 2.45) is 0 Å². The van der Waals surface area contributed by atoms with Crippen LogP contribution in [0.15, 0.2) is 22.7 Å². The summed E-state index contributed by atoms with van der Waals surface area (Å²) in [5.41, 5.74) is 0.750. The number of hydrogen-bond acceptors (Lipinski definition) is 2. The van der Waals surface area contributed by atoms with Crippen molar-refractivity contribution in [1.29, 1.82) is 0 Å². The molecule has 1 N–H and O–H groups in total. The Morgan fingerprint density at radius 2 is 2.07 bits per heavy atom. The Balaban J connectivity index is 0.000000921. The zero-order valence-corrected chi connectivity index (χ0v) is 10.7. The number of carboxylic acids is 1. The first-order valence-corrected chi connectivity index (χ1v) is 5.47. The Kier molecular flexibility index (Phi) is 6.79. The SMILES string of the molecule is CC.COc1ccc(CC(=O)O)cc1Br. The highest BCUT2D eigenvalue weighted by molar-refractivity contribution is 9.10. The van der Waals surface area contributed by atoms with Crippen LogP contribution in [0.4, 0.5) is 0 Å². The maximum Gasteiger partial charge on any atom is 0.307 e. The van der Waals surface area contributed by atoms with E-state index in [4.69, 9.17) is 9.84 Å². The van der Waals surface area contributed by atoms with E-state index in [-0.39, 0.29) is 6.42 Å². The van der Waals surface area contributed by atoms with Gasteiger partial charge >= 0.3 is 5.97 Å². The minimum Gasteiger partial charge on any atom is -0.496 e. The summed E-state index contributed by atoms with van der Waals surface area (Å²) in [6.45, 7) is 4.00. The fraction of sp³-hybridized carbons (Fsp3) is 0.364. The van der Waals surface area contributed by atoms with Gasteiger partial charge in [0.2, 0.25) is 0 Å². The van der Waals surface area contributed by atoms with Gasteiger partial charge in [-0.25, -0.2) is 0 Å². The molecule has 1 rings (SSSR count). The van der Waals surface area contributed by atoms with Gasteiger partial charge in [-0.05, 0) is 33.6 Å². The number of halogens is 1. The van der Waals surface area contributed by atoms with E-state index in [0.29, 0.717) is 5.75 Å². The second-order valence-electron chi connectivity index (χ2n) is 2.54. The summed E-state index contributed by atoms with van der Waals surface area (Å²) in [5.74, 6) is -0.133. The van der Waals surface area contributed by atoms with E-state index >= 15 is 0 Å². The van der Waals surface area contributed by atoms with Crippen LogP contribution in [0.1, 0.15) is 19.4 Å². The summed E-state index contributed by atoms with van der Waals surface area (Å²) in [4.78, 5) is 10.4. The van der Waals surface area contributed by atoms with E-state index in [1.807, 2.05) is 13.8 Å². The lowest BCUT2D eigenvalue weighted by Gasteiger charge is -2.04. The fourth-order valence-electron chi connectivity index (χ4n) is 0.994. The number of methoxy groups -OCH3 is 1. The highest BCUT2D eigenvalue weighted by Gasteiger charge is 2.04. The van der Waals surface area contributed by atoms with Gasteiger partial charge in [0.25, 0.3) is 0 Å². The van der Waals surface area contributed by atoms with Crippen LogP contribution in [-0.2, 0) is 11.2 Å². The van der Waals surface area contributed by atoms with Gasteiger partial charge in [-0.15, -0.1) is 0 Å². The zero-order chi connectivity index (χ0) is 11.8. The maximum atomic E-state index is 10.4. The van der Waals surface area contributed by atoms with Gasteiger partial charge in [0.15, 0.2) is 0 Å². The van der Waals surface area contributed by atoms with E-state index in [1.54, 1.807) is 25.3 Å². The highest BCUT2D eigenvalue weighted by atomic mass is 79.9. The Morgan fingerprint density at radius 1 is 1.47 bits per heavy atom. The average Bonchev–Trinajstić information content (AvgIpc) is 2.20. The van der Waals surface area contributed by atoms with Gasteiger partial charge in [0, 0.05) is 0 Å². The molecule has 0 bridgehead atoms. The van der Waals surface area contributed by atoms with Crippen molar-refractivity contribution in [3.63, 3.8) is 0 Å². The molecule has 0 saturated heterocycles. The lowest BCUT2D eigenvalue weighted by atomic mass is 10.1. The van der Waals surface area contributed by atoms with Crippen LogP contribution in [0.5, 0.6) is 5.75 Å². The molecule has 4 heteroatoms. The number of ether oxygens (including phenoxy) is 1. The van der Waals surface area contributed by atoms with Crippen LogP contribution < -0.4 is 4.74 Å². The molecule has 3 nitrogen and oxygen atoms in total. The Morgan fingerprint density at radius 3 is 2.47 bits per heavy atom. The minimum atomic E-state index is -0.836. The molecule has 1 aromatic carbocycles. The topological polar surface area (TPSA) is 46.5 Å². The molecule has 0 saturated carbocycles. The quantitative estimate of drug-likeness (QED) is 0.921. The fourth-order valence-corrected chi connectivity index (χ4v) is 1.58. The standard InChI is InChI=1S/C9H9BrO3.C2H6/c1-13-8-3-2-6(4-7(8)10)5-9(11)12;1-2/h2-4H,5H2,1H3,(H,11,12);1-2H3. The van der Waals surface area contributed by atoms with Gasteiger partial charge in [-0.1, -0.05) is 19.9 Å². The molecule has 0 aliphatic carbocycles. The maximum absolute atomic E-state index is 10.4. The Bertz CT molecular complexity index is 324. The van der Waals surface area contributed by atoms with Crippen molar-refractivity contribution >= 4 is 21.9 Å². The number of rotatable bonds is 3. The van der Waals surface area contributed by atoms with Gasteiger partial charge in [-0.3, -0.25) is 4.79 Å². The van der Waals surface area contributed by atoms with Crippen LogP contribution in [0, 0.1) is 0 Å². The molecule has 1 aromatic rings. The lowest BCUT2D eigenvalue weighted by molar-refractivity contribution is -0.136. The van der Waals surface area contributed by atoms with Crippen molar-refractivity contribution in [2.45, 2.75) is 20.3 Å². The smallest absolute Gasteiger partial charge is 0.307 e. The summed E-state index contributed by atoms with van der Waals surface area (Å²) >= 11 is 3.28. The number of carbonyl (C=O) groups is 1. The molecular formula is C11H15BrO3. The van der Waals surface area contributed by atoms with Crippen molar-refractivity contribution in [3.8, 4) is 5.75 Å². The molecule has 0 aliphatic rings. The van der Waals surface area contributed by atoms with Gasteiger partial charge < -0.3 is 9.84 Å². The first-order chi connectivity index (χ1) is 7.13. The van der Waals surface area contributed by atoms with Crippen molar-refractivity contribution in [1.82, 2.24) is 0 Å². The Hall–Kier alpha value is -1.03. The third-order valence-electron chi connectivity index (χ3n) is 1.57. The predicted molar refractivity (Wildman–Crippen MR) is 63.4 cm³/mol. The molecule has 0 fully saturated rings. The molecule has 0 heterocycles. The summed E-state index contributed by atoms with van der Waals surface area (Å²) in [6.07, 6.45) is 0.0304. The second-order valence-corrected chi connectivity index (χ2v) is 3.39. The van der Waals surface area contributed by atoms with Crippen LogP contribution in [0.25, 0.3) is 0 Å². The number of aliphatic carboxylic acids is 1. The summed E-state index contributed by atoms with van der Waals surface area (Å²) < 4.78 is 5.78. The van der Waals surface area contributed by atoms with E-state index in [1.165, 1.54) is 0 Å². The summed E-state index contributed by atoms with van der Waals surface area (Å²) in [5, 5.41) is 8.54. The summed E-state index contributed by atoms with van der Waals surface area (Å²) in [7, 11) is 1.57. The zero-order valence-electron chi connectivity index (χ0n) is 9.08. The number of hydrogen-bond donors (Lipinski definition) is 1. The molecule has 0 atom stereocenters. The number of carboxylic acid groups (broad SMARTS) is 1. The van der Waals surface area contributed by atoms with Crippen LogP contribution in [-0.4, -0.2) is 18.2 Å². The highest BCUT2D eigenvalue weighted by Crippen LogP contribution is 2.25. The molecule has 0 radical (unpaired) electrons. The van der Waals surface area contributed by atoms with E-state index in [0.717, 1.165) is 10.0 Å². The van der Waals surface area contributed by atoms with Gasteiger partial charge in [0.05, 0.1) is 18.0 Å². The molecule has 0 aromatic heterocycles. The molecular weight excluding hydrogens is 260 g/mol. The van der Waals surface area contributed by atoms with Crippen LogP contribution >= 0.6 is 15.9 Å². The normalized spacial score (nSPS) is 8.80. The second kappa shape index (κ2) is 7.29. The van der Waals surface area contributed by atoms with Crippen molar-refractivity contribution in [3.05, 3.63) is 28.2 Å². The molecule has 0 aliphatic heterocycles. The average molecular weight is 275 g/mol. The third-order valence-corrected chi connectivity index (χ3v) is 2.19. The molecule has 0 amide bonds. The first-order valence-electron chi connectivity index (χ1n) is 4.67. The molecule has 0 spiro atoms. The largest absolute Gasteiger partial charge is 0.496 e. The first kappa shape index (κ1) is 14.0. The van der Waals surface area contributed by atoms with Gasteiger partial charge in [-0.2, -0.15) is 0 Å². The molecule has 15 heavy (non-hydrogen) atoms. The lowest BCUT2D eigenvalue weighted by Crippen LogP contribution is -1.99. The van der Waals surface area contributed by atoms with Gasteiger partial charge in [0.1, 0.15) is 5.75 Å². The van der Waals surface area contributed by atoms with E-state index in [9.17, 15) is 4.79 Å². The van der Waals surface area contributed by atoms with Crippen molar-refractivity contribution < 1.29 is 14.6 Å². The van der Waals surface area contributed by atoms with Crippen LogP contribution in [0.3, 0.4) is 0 Å². The van der Waals surface area contributed by atoms with Crippen molar-refractivity contribution in [2.75, 3.05) is 7.11 Å². The minimum absolute atomic E-state index is 0.0304. The third kappa shape index (κ3) is 4.83.